The molecular weight excluding hydrogens is 276 g/mol. The highest BCUT2D eigenvalue weighted by atomic mass is 16.5. The highest BCUT2D eigenvalue weighted by Crippen LogP contribution is 2.25. The zero-order chi connectivity index (χ0) is 15.8. The van der Waals surface area contributed by atoms with Gasteiger partial charge in [0.2, 0.25) is 5.91 Å². The van der Waals surface area contributed by atoms with E-state index in [0.717, 1.165) is 11.1 Å². The van der Waals surface area contributed by atoms with E-state index in [4.69, 9.17) is 4.74 Å². The van der Waals surface area contributed by atoms with Crippen LogP contribution in [0.15, 0.2) is 42.5 Å². The van der Waals surface area contributed by atoms with Crippen molar-refractivity contribution in [3.8, 4) is 5.75 Å². The summed E-state index contributed by atoms with van der Waals surface area (Å²) in [6.45, 7) is 3.23. The summed E-state index contributed by atoms with van der Waals surface area (Å²) >= 11 is 0. The fourth-order valence-electron chi connectivity index (χ4n) is 2.19. The standard InChI is InChI=1S/C18H24N2O2/c1-14(19-2)13-20-18(21)11-6-12-22-17-10-5-8-15-7-3-4-9-16(15)17/h3-5,7-10,14,19H,6,11-13H2,1-2H3,(H,20,21). The molecule has 2 N–H and O–H groups in total. The van der Waals surface area contributed by atoms with Crippen molar-refractivity contribution in [2.75, 3.05) is 20.2 Å². The Morgan fingerprint density at radius 3 is 2.77 bits per heavy atom. The van der Waals surface area contributed by atoms with Crippen molar-refractivity contribution in [3.63, 3.8) is 0 Å². The van der Waals surface area contributed by atoms with Gasteiger partial charge in [-0.05, 0) is 31.8 Å². The smallest absolute Gasteiger partial charge is 0.220 e. The minimum absolute atomic E-state index is 0.0728. The third kappa shape index (κ3) is 4.74. The summed E-state index contributed by atoms with van der Waals surface area (Å²) in [5.74, 6) is 0.950. The molecular formula is C18H24N2O2. The third-order valence-electron chi connectivity index (χ3n) is 3.65. The Kier molecular flexibility index (Phi) is 6.22. The van der Waals surface area contributed by atoms with Crippen molar-refractivity contribution in [2.45, 2.75) is 25.8 Å². The van der Waals surface area contributed by atoms with E-state index in [0.29, 0.717) is 26.0 Å². The van der Waals surface area contributed by atoms with Gasteiger partial charge in [0.05, 0.1) is 6.61 Å². The molecule has 2 aromatic carbocycles. The Balaban J connectivity index is 1.75. The second-order valence-electron chi connectivity index (χ2n) is 5.42. The van der Waals surface area contributed by atoms with Crippen molar-refractivity contribution in [1.29, 1.82) is 0 Å². The van der Waals surface area contributed by atoms with Crippen LogP contribution in [0.4, 0.5) is 0 Å². The van der Waals surface area contributed by atoms with Gasteiger partial charge >= 0.3 is 0 Å². The monoisotopic (exact) mass is 300 g/mol. The molecule has 2 rings (SSSR count). The van der Waals surface area contributed by atoms with E-state index >= 15 is 0 Å². The summed E-state index contributed by atoms with van der Waals surface area (Å²) in [7, 11) is 1.88. The molecule has 0 radical (unpaired) electrons. The number of fused-ring (bicyclic) bond motifs is 1. The average molecular weight is 300 g/mol. The number of amides is 1. The van der Waals surface area contributed by atoms with Crippen LogP contribution >= 0.6 is 0 Å². The number of benzene rings is 2. The van der Waals surface area contributed by atoms with Crippen LogP contribution in [0.1, 0.15) is 19.8 Å². The molecule has 4 heteroatoms. The van der Waals surface area contributed by atoms with Gasteiger partial charge in [-0.15, -0.1) is 0 Å². The highest BCUT2D eigenvalue weighted by molar-refractivity contribution is 5.88. The van der Waals surface area contributed by atoms with Crippen molar-refractivity contribution in [2.24, 2.45) is 0 Å². The normalized spacial score (nSPS) is 12.1. The van der Waals surface area contributed by atoms with Gasteiger partial charge in [0.1, 0.15) is 5.75 Å². The van der Waals surface area contributed by atoms with Gasteiger partial charge in [-0.25, -0.2) is 0 Å². The second-order valence-corrected chi connectivity index (χ2v) is 5.42. The summed E-state index contributed by atoms with van der Waals surface area (Å²) in [4.78, 5) is 11.7. The molecule has 0 bridgehead atoms. The summed E-state index contributed by atoms with van der Waals surface area (Å²) in [5.41, 5.74) is 0. The summed E-state index contributed by atoms with van der Waals surface area (Å²) in [6, 6.07) is 14.5. The van der Waals surface area contributed by atoms with Crippen LogP contribution in [-0.4, -0.2) is 32.1 Å². The Labute approximate surface area is 131 Å². The van der Waals surface area contributed by atoms with Gasteiger partial charge in [-0.1, -0.05) is 36.4 Å². The average Bonchev–Trinajstić information content (AvgIpc) is 2.56. The van der Waals surface area contributed by atoms with Gasteiger partial charge in [0, 0.05) is 24.4 Å². The molecule has 0 aliphatic rings. The number of carbonyl (C=O) groups excluding carboxylic acids is 1. The molecule has 118 valence electrons. The largest absolute Gasteiger partial charge is 0.493 e. The van der Waals surface area contributed by atoms with E-state index in [1.807, 2.05) is 38.2 Å². The van der Waals surface area contributed by atoms with E-state index < -0.39 is 0 Å². The lowest BCUT2D eigenvalue weighted by atomic mass is 10.1. The van der Waals surface area contributed by atoms with Crippen LogP contribution in [0.25, 0.3) is 10.8 Å². The molecule has 2 aromatic rings. The van der Waals surface area contributed by atoms with Crippen LogP contribution in [-0.2, 0) is 4.79 Å². The first kappa shape index (κ1) is 16.3. The van der Waals surface area contributed by atoms with Gasteiger partial charge in [0.25, 0.3) is 0 Å². The summed E-state index contributed by atoms with van der Waals surface area (Å²) in [6.07, 6.45) is 1.20. The minimum atomic E-state index is 0.0728. The second kappa shape index (κ2) is 8.39. The molecule has 1 atom stereocenters. The maximum atomic E-state index is 11.7. The predicted molar refractivity (Wildman–Crippen MR) is 90.2 cm³/mol. The lowest BCUT2D eigenvalue weighted by Crippen LogP contribution is -2.37. The van der Waals surface area contributed by atoms with E-state index in [-0.39, 0.29) is 11.9 Å². The summed E-state index contributed by atoms with van der Waals surface area (Å²) in [5, 5.41) is 8.27. The Morgan fingerprint density at radius 1 is 1.18 bits per heavy atom. The topological polar surface area (TPSA) is 50.4 Å². The van der Waals surface area contributed by atoms with Crippen molar-refractivity contribution in [3.05, 3.63) is 42.5 Å². The highest BCUT2D eigenvalue weighted by Gasteiger charge is 2.05. The van der Waals surface area contributed by atoms with Gasteiger partial charge < -0.3 is 15.4 Å². The zero-order valence-corrected chi connectivity index (χ0v) is 13.3. The van der Waals surface area contributed by atoms with Crippen LogP contribution in [0.5, 0.6) is 5.75 Å². The number of carbonyl (C=O) groups is 1. The van der Waals surface area contributed by atoms with E-state index in [1.54, 1.807) is 0 Å². The predicted octanol–water partition coefficient (Wildman–Crippen LogP) is 2.72. The van der Waals surface area contributed by atoms with Crippen LogP contribution < -0.4 is 15.4 Å². The maximum Gasteiger partial charge on any atom is 0.220 e. The molecule has 0 saturated carbocycles. The first-order valence-electron chi connectivity index (χ1n) is 7.75. The SMILES string of the molecule is CNC(C)CNC(=O)CCCOc1cccc2ccccc12. The number of nitrogens with one attached hydrogen (secondary N) is 2. The molecule has 0 spiro atoms. The number of rotatable bonds is 8. The Hall–Kier alpha value is -2.07. The van der Waals surface area contributed by atoms with Crippen LogP contribution in [0.3, 0.4) is 0 Å². The first-order chi connectivity index (χ1) is 10.7. The Morgan fingerprint density at radius 2 is 1.95 bits per heavy atom. The number of hydrogen-bond donors (Lipinski definition) is 2. The fraction of sp³-hybridized carbons (Fsp3) is 0.389. The van der Waals surface area contributed by atoms with Crippen molar-refractivity contribution >= 4 is 16.7 Å². The molecule has 0 aliphatic carbocycles. The fourth-order valence-corrected chi connectivity index (χ4v) is 2.19. The molecule has 0 saturated heterocycles. The maximum absolute atomic E-state index is 11.7. The quantitative estimate of drug-likeness (QED) is 0.737. The molecule has 1 amide bonds. The molecule has 0 fully saturated rings. The molecule has 22 heavy (non-hydrogen) atoms. The lowest BCUT2D eigenvalue weighted by Gasteiger charge is -2.12. The molecule has 0 aromatic heterocycles. The molecule has 0 heterocycles. The zero-order valence-electron chi connectivity index (χ0n) is 13.3. The van der Waals surface area contributed by atoms with E-state index in [2.05, 4.69) is 28.8 Å². The van der Waals surface area contributed by atoms with E-state index in [9.17, 15) is 4.79 Å². The Bertz CT molecular complexity index is 608. The van der Waals surface area contributed by atoms with Crippen molar-refractivity contribution in [1.82, 2.24) is 10.6 Å². The van der Waals surface area contributed by atoms with Crippen LogP contribution in [0, 0.1) is 0 Å². The first-order valence-corrected chi connectivity index (χ1v) is 7.75. The van der Waals surface area contributed by atoms with Gasteiger partial charge in [0.15, 0.2) is 0 Å². The molecule has 4 nitrogen and oxygen atoms in total. The van der Waals surface area contributed by atoms with E-state index in [1.165, 1.54) is 5.39 Å². The number of ether oxygens (including phenoxy) is 1. The number of likely N-dealkylation sites (N-methyl/N-ethyl adjacent to an activating group) is 1. The minimum Gasteiger partial charge on any atom is -0.493 e. The molecule has 0 aliphatic heterocycles. The number of hydrogen-bond acceptors (Lipinski definition) is 3. The van der Waals surface area contributed by atoms with Crippen LogP contribution in [0.2, 0.25) is 0 Å². The summed E-state index contributed by atoms with van der Waals surface area (Å²) < 4.78 is 5.82. The van der Waals surface area contributed by atoms with Gasteiger partial charge in [-0.2, -0.15) is 0 Å². The van der Waals surface area contributed by atoms with Crippen molar-refractivity contribution < 1.29 is 9.53 Å². The van der Waals surface area contributed by atoms with Gasteiger partial charge in [-0.3, -0.25) is 4.79 Å². The third-order valence-corrected chi connectivity index (χ3v) is 3.65. The lowest BCUT2D eigenvalue weighted by molar-refractivity contribution is -0.121. The molecule has 1 unspecified atom stereocenters.